The largest absolute Gasteiger partial charge is 0.274 e. The molecule has 0 N–H and O–H groups in total. The first-order valence-electron chi connectivity index (χ1n) is 8.09. The predicted molar refractivity (Wildman–Crippen MR) is 100 cm³/mol. The molecule has 0 radical (unpaired) electrons. The highest BCUT2D eigenvalue weighted by Gasteiger charge is 2.32. The van der Waals surface area contributed by atoms with Gasteiger partial charge in [-0.15, -0.1) is 0 Å². The quantitative estimate of drug-likeness (QED) is 0.601. The summed E-state index contributed by atoms with van der Waals surface area (Å²) >= 11 is 7.84. The molecule has 3 nitrogen and oxygen atoms in total. The topological polar surface area (TPSA) is 33.2 Å². The van der Waals surface area contributed by atoms with E-state index in [4.69, 9.17) is 11.6 Å². The minimum absolute atomic E-state index is 0.0945. The first-order chi connectivity index (χ1) is 11.6. The number of aryl methyl sites for hydroxylation is 1. The zero-order valence-corrected chi connectivity index (χ0v) is 14.9. The molecule has 0 aliphatic heterocycles. The number of hydrogen-bond acceptors (Lipinski definition) is 3. The number of hydrogen-bond donors (Lipinski definition) is 0. The van der Waals surface area contributed by atoms with Crippen molar-refractivity contribution in [1.29, 1.82) is 0 Å². The van der Waals surface area contributed by atoms with Gasteiger partial charge in [0.1, 0.15) is 0 Å². The average Bonchev–Trinajstić information content (AvgIpc) is 2.92. The Balaban J connectivity index is 1.82. The molecule has 1 fully saturated rings. The summed E-state index contributed by atoms with van der Waals surface area (Å²) in [5, 5.41) is 1.38. The highest BCUT2D eigenvalue weighted by molar-refractivity contribution is 7.22. The summed E-state index contributed by atoms with van der Waals surface area (Å²) in [5.74, 6) is 0.220. The van der Waals surface area contributed by atoms with Gasteiger partial charge in [-0.2, -0.15) is 0 Å². The van der Waals surface area contributed by atoms with Crippen molar-refractivity contribution in [2.45, 2.75) is 26.2 Å². The van der Waals surface area contributed by atoms with Crippen LogP contribution in [0.2, 0.25) is 5.02 Å². The number of benzene rings is 2. The number of aromatic nitrogens is 1. The van der Waals surface area contributed by atoms with Crippen LogP contribution in [0.3, 0.4) is 0 Å². The van der Waals surface area contributed by atoms with E-state index in [0.29, 0.717) is 10.2 Å². The number of rotatable bonds is 3. The monoisotopic (exact) mass is 356 g/mol. The zero-order valence-electron chi connectivity index (χ0n) is 13.3. The minimum Gasteiger partial charge on any atom is -0.274 e. The van der Waals surface area contributed by atoms with Gasteiger partial charge in [-0.05, 0) is 49.6 Å². The normalized spacial score (nSPS) is 14.6. The third-order valence-electron chi connectivity index (χ3n) is 4.56. The summed E-state index contributed by atoms with van der Waals surface area (Å²) in [4.78, 5) is 19.5. The molecule has 0 atom stereocenters. The molecule has 1 amide bonds. The lowest BCUT2D eigenvalue weighted by molar-refractivity contribution is -0.123. The molecule has 1 aromatic heterocycles. The second-order valence-corrected chi connectivity index (χ2v) is 7.62. The number of carbonyl (C=O) groups is 1. The van der Waals surface area contributed by atoms with E-state index in [-0.39, 0.29) is 11.8 Å². The fourth-order valence-electron chi connectivity index (χ4n) is 2.85. The smallest absolute Gasteiger partial charge is 0.236 e. The molecule has 0 bridgehead atoms. The Labute approximate surface area is 149 Å². The van der Waals surface area contributed by atoms with Gasteiger partial charge in [0.15, 0.2) is 5.13 Å². The van der Waals surface area contributed by atoms with Crippen molar-refractivity contribution in [3.63, 3.8) is 0 Å². The first kappa shape index (κ1) is 15.6. The van der Waals surface area contributed by atoms with Crippen molar-refractivity contribution >= 4 is 49.9 Å². The van der Waals surface area contributed by atoms with Gasteiger partial charge in [0, 0.05) is 10.9 Å². The van der Waals surface area contributed by atoms with Crippen LogP contribution < -0.4 is 4.90 Å². The maximum absolute atomic E-state index is 13.0. The van der Waals surface area contributed by atoms with Crippen LogP contribution in [0, 0.1) is 12.8 Å². The second-order valence-electron chi connectivity index (χ2n) is 6.20. The first-order valence-corrected chi connectivity index (χ1v) is 9.28. The number of carbonyl (C=O) groups excluding carboxylic acids is 1. The number of halogens is 1. The fraction of sp³-hybridized carbons (Fsp3) is 0.263. The maximum atomic E-state index is 13.0. The third kappa shape index (κ3) is 2.70. The molecule has 1 heterocycles. The van der Waals surface area contributed by atoms with Gasteiger partial charge in [0.25, 0.3) is 0 Å². The number of anilines is 2. The Bertz CT molecular complexity index is 884. The van der Waals surface area contributed by atoms with E-state index in [2.05, 4.69) is 4.98 Å². The Morgan fingerprint density at radius 1 is 1.25 bits per heavy atom. The van der Waals surface area contributed by atoms with Crippen molar-refractivity contribution in [2.75, 3.05) is 4.90 Å². The Morgan fingerprint density at radius 2 is 2.04 bits per heavy atom. The van der Waals surface area contributed by atoms with E-state index in [1.165, 1.54) is 0 Å². The van der Waals surface area contributed by atoms with E-state index in [1.54, 1.807) is 16.2 Å². The van der Waals surface area contributed by atoms with E-state index in [1.807, 2.05) is 49.4 Å². The molecule has 1 aliphatic carbocycles. The summed E-state index contributed by atoms with van der Waals surface area (Å²) in [5.41, 5.74) is 2.71. The number of fused-ring (bicyclic) bond motifs is 1. The summed E-state index contributed by atoms with van der Waals surface area (Å²) in [7, 11) is 0. The summed E-state index contributed by atoms with van der Waals surface area (Å²) in [6, 6.07) is 13.7. The van der Waals surface area contributed by atoms with Gasteiger partial charge < -0.3 is 0 Å². The van der Waals surface area contributed by atoms with Crippen molar-refractivity contribution in [1.82, 2.24) is 4.98 Å². The fourth-order valence-corrected chi connectivity index (χ4v) is 4.01. The SMILES string of the molecule is Cc1ccc(N(C(=O)C2CCC2)c2nc3ccccc3s2)cc1Cl. The summed E-state index contributed by atoms with van der Waals surface area (Å²) in [6.45, 7) is 1.96. The molecule has 0 saturated heterocycles. The van der Waals surface area contributed by atoms with Crippen LogP contribution in [-0.2, 0) is 4.79 Å². The van der Waals surface area contributed by atoms with E-state index in [9.17, 15) is 4.79 Å². The second kappa shape index (κ2) is 6.19. The summed E-state index contributed by atoms with van der Waals surface area (Å²) < 4.78 is 1.08. The Kier molecular flexibility index (Phi) is 4.02. The molecule has 0 unspecified atom stereocenters. The molecular weight excluding hydrogens is 340 g/mol. The Hall–Kier alpha value is -1.91. The standard InChI is InChI=1S/C19H17ClN2OS/c1-12-9-10-14(11-15(12)20)22(18(23)13-5-4-6-13)19-21-16-7-2-3-8-17(16)24-19/h2-3,7-11,13H,4-6H2,1H3. The van der Waals surface area contributed by atoms with Crippen LogP contribution in [0.5, 0.6) is 0 Å². The van der Waals surface area contributed by atoms with E-state index >= 15 is 0 Å². The number of para-hydroxylation sites is 1. The molecule has 5 heteroatoms. The van der Waals surface area contributed by atoms with Gasteiger partial charge in [0.2, 0.25) is 5.91 Å². The minimum atomic E-state index is 0.0945. The van der Waals surface area contributed by atoms with Crippen molar-refractivity contribution in [2.24, 2.45) is 5.92 Å². The maximum Gasteiger partial charge on any atom is 0.236 e. The van der Waals surface area contributed by atoms with Gasteiger partial charge >= 0.3 is 0 Å². The number of nitrogens with zero attached hydrogens (tertiary/aromatic N) is 2. The van der Waals surface area contributed by atoms with Crippen LogP contribution in [0.15, 0.2) is 42.5 Å². The highest BCUT2D eigenvalue weighted by Crippen LogP contribution is 2.38. The molecule has 3 aromatic rings. The Morgan fingerprint density at radius 3 is 2.71 bits per heavy atom. The molecule has 0 spiro atoms. The van der Waals surface area contributed by atoms with Crippen LogP contribution in [0.25, 0.3) is 10.2 Å². The molecule has 1 aliphatic rings. The van der Waals surface area contributed by atoms with Crippen LogP contribution in [0.1, 0.15) is 24.8 Å². The molecule has 122 valence electrons. The van der Waals surface area contributed by atoms with Gasteiger partial charge in [-0.1, -0.05) is 47.6 Å². The van der Waals surface area contributed by atoms with Crippen molar-refractivity contribution in [3.05, 3.63) is 53.1 Å². The lowest BCUT2D eigenvalue weighted by Gasteiger charge is -2.30. The van der Waals surface area contributed by atoms with Crippen LogP contribution in [-0.4, -0.2) is 10.9 Å². The van der Waals surface area contributed by atoms with Crippen LogP contribution in [0.4, 0.5) is 10.8 Å². The predicted octanol–water partition coefficient (Wildman–Crippen LogP) is 5.72. The van der Waals surface area contributed by atoms with E-state index < -0.39 is 0 Å². The van der Waals surface area contributed by atoms with Crippen molar-refractivity contribution in [3.8, 4) is 0 Å². The molecule has 2 aromatic carbocycles. The summed E-state index contributed by atoms with van der Waals surface area (Å²) in [6.07, 6.45) is 3.04. The molecule has 4 rings (SSSR count). The number of amides is 1. The van der Waals surface area contributed by atoms with Crippen LogP contribution >= 0.6 is 22.9 Å². The van der Waals surface area contributed by atoms with Gasteiger partial charge in [-0.25, -0.2) is 4.98 Å². The molecule has 1 saturated carbocycles. The average molecular weight is 357 g/mol. The van der Waals surface area contributed by atoms with Crippen molar-refractivity contribution < 1.29 is 4.79 Å². The lowest BCUT2D eigenvalue weighted by Crippen LogP contribution is -2.35. The molecular formula is C19H17ClN2OS. The van der Waals surface area contributed by atoms with E-state index in [0.717, 1.165) is 40.7 Å². The lowest BCUT2D eigenvalue weighted by atomic mass is 9.84. The van der Waals surface area contributed by atoms with Gasteiger partial charge in [0.05, 0.1) is 15.9 Å². The molecule has 24 heavy (non-hydrogen) atoms. The third-order valence-corrected chi connectivity index (χ3v) is 5.99. The zero-order chi connectivity index (χ0) is 16.7. The van der Waals surface area contributed by atoms with Gasteiger partial charge in [-0.3, -0.25) is 9.69 Å². The highest BCUT2D eigenvalue weighted by atomic mass is 35.5. The number of thiazole rings is 1.